The maximum atomic E-state index is 5.82. The molecule has 3 N–H and O–H groups in total. The fourth-order valence-electron chi connectivity index (χ4n) is 1.80. The first-order chi connectivity index (χ1) is 7.41. The maximum Gasteiger partial charge on any atom is 0.149 e. The molecule has 1 heterocycles. The Labute approximate surface area is 97.9 Å². The molecular formula is C12H22N4. The van der Waals surface area contributed by atoms with Crippen LogP contribution in [0.4, 0.5) is 11.5 Å². The molecule has 0 aliphatic rings. The standard InChI is InChI=1S/C12H22N4/c1-12(2,9-16(3)4)8-15-11-10(13)6-5-7-14-11/h5-7H,8-9,13H2,1-4H3,(H,14,15). The molecule has 1 aromatic heterocycles. The topological polar surface area (TPSA) is 54.2 Å². The van der Waals surface area contributed by atoms with Crippen LogP contribution in [0.5, 0.6) is 0 Å². The number of hydrogen-bond acceptors (Lipinski definition) is 4. The molecule has 0 spiro atoms. The summed E-state index contributed by atoms with van der Waals surface area (Å²) in [6.45, 7) is 6.32. The Balaban J connectivity index is 2.54. The van der Waals surface area contributed by atoms with E-state index in [1.807, 2.05) is 12.1 Å². The molecule has 0 radical (unpaired) electrons. The summed E-state index contributed by atoms with van der Waals surface area (Å²) in [5, 5.41) is 3.30. The van der Waals surface area contributed by atoms with E-state index in [0.717, 1.165) is 18.9 Å². The Morgan fingerprint density at radius 1 is 1.44 bits per heavy atom. The number of nitrogens with zero attached hydrogens (tertiary/aromatic N) is 2. The van der Waals surface area contributed by atoms with Gasteiger partial charge in [0, 0.05) is 19.3 Å². The van der Waals surface area contributed by atoms with E-state index in [2.05, 4.69) is 43.1 Å². The van der Waals surface area contributed by atoms with Crippen LogP contribution in [-0.2, 0) is 0 Å². The summed E-state index contributed by atoms with van der Waals surface area (Å²) in [4.78, 5) is 6.39. The Hall–Kier alpha value is -1.29. The van der Waals surface area contributed by atoms with E-state index in [1.54, 1.807) is 6.20 Å². The highest BCUT2D eigenvalue weighted by atomic mass is 15.1. The highest BCUT2D eigenvalue weighted by molar-refractivity contribution is 5.60. The molecule has 4 nitrogen and oxygen atoms in total. The number of hydrogen-bond donors (Lipinski definition) is 2. The molecule has 1 rings (SSSR count). The van der Waals surface area contributed by atoms with Crippen LogP contribution in [-0.4, -0.2) is 37.1 Å². The normalized spacial score (nSPS) is 11.8. The summed E-state index contributed by atoms with van der Waals surface area (Å²) in [5.74, 6) is 0.773. The van der Waals surface area contributed by atoms with Crippen LogP contribution >= 0.6 is 0 Å². The van der Waals surface area contributed by atoms with Gasteiger partial charge in [0.15, 0.2) is 0 Å². The Morgan fingerprint density at radius 2 is 2.12 bits per heavy atom. The summed E-state index contributed by atoms with van der Waals surface area (Å²) in [6, 6.07) is 3.69. The predicted octanol–water partition coefficient (Wildman–Crippen LogP) is 1.66. The Morgan fingerprint density at radius 3 is 2.69 bits per heavy atom. The van der Waals surface area contributed by atoms with Gasteiger partial charge in [0.1, 0.15) is 5.82 Å². The van der Waals surface area contributed by atoms with Crippen molar-refractivity contribution in [2.45, 2.75) is 13.8 Å². The summed E-state index contributed by atoms with van der Waals surface area (Å²) in [6.07, 6.45) is 1.75. The van der Waals surface area contributed by atoms with E-state index in [-0.39, 0.29) is 5.41 Å². The van der Waals surface area contributed by atoms with Crippen LogP contribution in [0.1, 0.15) is 13.8 Å². The molecule has 0 unspecified atom stereocenters. The van der Waals surface area contributed by atoms with E-state index in [9.17, 15) is 0 Å². The molecule has 0 atom stereocenters. The molecule has 0 saturated heterocycles. The van der Waals surface area contributed by atoms with E-state index < -0.39 is 0 Å². The SMILES string of the molecule is CN(C)CC(C)(C)CNc1ncccc1N. The van der Waals surface area contributed by atoms with Crippen molar-refractivity contribution in [3.8, 4) is 0 Å². The fraction of sp³-hybridized carbons (Fsp3) is 0.583. The first kappa shape index (κ1) is 12.8. The number of anilines is 2. The summed E-state index contributed by atoms with van der Waals surface area (Å²) in [7, 11) is 4.16. The number of nitrogens with two attached hydrogens (primary N) is 1. The molecule has 0 bridgehead atoms. The van der Waals surface area contributed by atoms with E-state index in [4.69, 9.17) is 5.73 Å². The highest BCUT2D eigenvalue weighted by Gasteiger charge is 2.18. The zero-order valence-electron chi connectivity index (χ0n) is 10.6. The van der Waals surface area contributed by atoms with Gasteiger partial charge < -0.3 is 16.0 Å². The van der Waals surface area contributed by atoms with Crippen LogP contribution in [0.25, 0.3) is 0 Å². The molecule has 0 saturated carbocycles. The largest absolute Gasteiger partial charge is 0.396 e. The van der Waals surface area contributed by atoms with Gasteiger partial charge in [-0.1, -0.05) is 13.8 Å². The monoisotopic (exact) mass is 222 g/mol. The third kappa shape index (κ3) is 4.06. The van der Waals surface area contributed by atoms with Crippen molar-refractivity contribution < 1.29 is 0 Å². The smallest absolute Gasteiger partial charge is 0.149 e. The van der Waals surface area contributed by atoms with Crippen LogP contribution < -0.4 is 11.1 Å². The lowest BCUT2D eigenvalue weighted by molar-refractivity contribution is 0.254. The second kappa shape index (κ2) is 5.16. The number of nitrogen functional groups attached to an aromatic ring is 1. The quantitative estimate of drug-likeness (QED) is 0.795. The van der Waals surface area contributed by atoms with E-state index in [1.165, 1.54) is 0 Å². The zero-order valence-corrected chi connectivity index (χ0v) is 10.6. The molecule has 0 amide bonds. The number of nitrogens with one attached hydrogen (secondary N) is 1. The minimum absolute atomic E-state index is 0.188. The summed E-state index contributed by atoms with van der Waals surface area (Å²) in [5.41, 5.74) is 6.70. The molecule has 0 aliphatic heterocycles. The lowest BCUT2D eigenvalue weighted by Crippen LogP contribution is -2.34. The van der Waals surface area contributed by atoms with Crippen LogP contribution in [0.3, 0.4) is 0 Å². The number of aromatic nitrogens is 1. The molecule has 90 valence electrons. The molecule has 0 aromatic carbocycles. The third-order valence-electron chi connectivity index (χ3n) is 2.32. The first-order valence-corrected chi connectivity index (χ1v) is 5.50. The van der Waals surface area contributed by atoms with Crippen molar-refractivity contribution in [3.05, 3.63) is 18.3 Å². The van der Waals surface area contributed by atoms with Gasteiger partial charge >= 0.3 is 0 Å². The van der Waals surface area contributed by atoms with Crippen LogP contribution in [0.15, 0.2) is 18.3 Å². The van der Waals surface area contributed by atoms with E-state index in [0.29, 0.717) is 5.69 Å². The lowest BCUT2D eigenvalue weighted by atomic mass is 9.93. The van der Waals surface area contributed by atoms with Gasteiger partial charge in [-0.05, 0) is 31.6 Å². The van der Waals surface area contributed by atoms with Crippen molar-refractivity contribution in [1.29, 1.82) is 0 Å². The Bertz CT molecular complexity index is 334. The minimum Gasteiger partial charge on any atom is -0.396 e. The van der Waals surface area contributed by atoms with Gasteiger partial charge in [-0.3, -0.25) is 0 Å². The molecular weight excluding hydrogens is 200 g/mol. The second-order valence-electron chi connectivity index (χ2n) is 5.20. The minimum atomic E-state index is 0.188. The van der Waals surface area contributed by atoms with Crippen molar-refractivity contribution in [1.82, 2.24) is 9.88 Å². The van der Waals surface area contributed by atoms with Gasteiger partial charge in [0.25, 0.3) is 0 Å². The molecule has 4 heteroatoms. The zero-order chi connectivity index (χ0) is 12.2. The molecule has 16 heavy (non-hydrogen) atoms. The van der Waals surface area contributed by atoms with E-state index >= 15 is 0 Å². The van der Waals surface area contributed by atoms with Gasteiger partial charge in [-0.15, -0.1) is 0 Å². The highest BCUT2D eigenvalue weighted by Crippen LogP contribution is 2.19. The second-order valence-corrected chi connectivity index (χ2v) is 5.20. The summed E-state index contributed by atoms with van der Waals surface area (Å²) < 4.78 is 0. The lowest BCUT2D eigenvalue weighted by Gasteiger charge is -2.28. The number of pyridine rings is 1. The average Bonchev–Trinajstić information content (AvgIpc) is 2.14. The van der Waals surface area contributed by atoms with Crippen molar-refractivity contribution in [3.63, 3.8) is 0 Å². The van der Waals surface area contributed by atoms with Crippen molar-refractivity contribution >= 4 is 11.5 Å². The van der Waals surface area contributed by atoms with Gasteiger partial charge in [0.05, 0.1) is 5.69 Å². The summed E-state index contributed by atoms with van der Waals surface area (Å²) >= 11 is 0. The molecule has 0 aliphatic carbocycles. The van der Waals surface area contributed by atoms with Crippen LogP contribution in [0, 0.1) is 5.41 Å². The van der Waals surface area contributed by atoms with Crippen molar-refractivity contribution in [2.24, 2.45) is 5.41 Å². The maximum absolute atomic E-state index is 5.82. The van der Waals surface area contributed by atoms with Gasteiger partial charge in [0.2, 0.25) is 0 Å². The third-order valence-corrected chi connectivity index (χ3v) is 2.32. The molecule has 0 fully saturated rings. The van der Waals surface area contributed by atoms with Crippen LogP contribution in [0.2, 0.25) is 0 Å². The van der Waals surface area contributed by atoms with Crippen molar-refractivity contribution in [2.75, 3.05) is 38.2 Å². The fourth-order valence-corrected chi connectivity index (χ4v) is 1.80. The average molecular weight is 222 g/mol. The predicted molar refractivity (Wildman–Crippen MR) is 69.5 cm³/mol. The Kier molecular flexibility index (Phi) is 4.12. The van der Waals surface area contributed by atoms with Gasteiger partial charge in [-0.2, -0.15) is 0 Å². The first-order valence-electron chi connectivity index (χ1n) is 5.50. The number of rotatable bonds is 5. The van der Waals surface area contributed by atoms with Gasteiger partial charge in [-0.25, -0.2) is 4.98 Å². The molecule has 1 aromatic rings.